The van der Waals surface area contributed by atoms with Crippen LogP contribution in [0.1, 0.15) is 73.8 Å². The van der Waals surface area contributed by atoms with Crippen LogP contribution >= 0.6 is 0 Å². The molecule has 1 aliphatic heterocycles. The largest absolute Gasteiger partial charge is 0.328 e. The molecule has 2 aromatic heterocycles. The topological polar surface area (TPSA) is 79.7 Å². The number of aromatic nitrogens is 5. The predicted octanol–water partition coefficient (Wildman–Crippen LogP) is 2.74. The first kappa shape index (κ1) is 16.7. The maximum Gasteiger partial charge on any atom is 0.257 e. The van der Waals surface area contributed by atoms with Crippen molar-refractivity contribution < 1.29 is 4.79 Å². The number of piperidine rings is 1. The first-order chi connectivity index (χ1) is 11.3. The predicted molar refractivity (Wildman–Crippen MR) is 90.7 cm³/mol. The van der Waals surface area contributed by atoms with E-state index >= 15 is 0 Å². The Labute approximate surface area is 142 Å². The number of hydrogen-bond acceptors (Lipinski definition) is 4. The Morgan fingerprint density at radius 2 is 2.04 bits per heavy atom. The summed E-state index contributed by atoms with van der Waals surface area (Å²) in [6, 6.07) is -0.0615. The Morgan fingerprint density at radius 1 is 1.29 bits per heavy atom. The summed E-state index contributed by atoms with van der Waals surface area (Å²) >= 11 is 0. The van der Waals surface area contributed by atoms with Crippen molar-refractivity contribution >= 4 is 5.91 Å². The Kier molecular flexibility index (Phi) is 4.19. The SMILES string of the molecule is Cc1nc([C@H]2CCCCN2C(=O)c2cnn(C(C)(C)C)c2C)n[nH]1. The molecule has 0 spiro atoms. The molecular weight excluding hydrogens is 304 g/mol. The molecular formula is C17H26N6O. The fourth-order valence-electron chi connectivity index (χ4n) is 3.40. The van der Waals surface area contributed by atoms with Gasteiger partial charge in [0, 0.05) is 12.2 Å². The number of rotatable bonds is 2. The fraction of sp³-hybridized carbons (Fsp3) is 0.647. The van der Waals surface area contributed by atoms with Crippen molar-refractivity contribution in [2.24, 2.45) is 0 Å². The highest BCUT2D eigenvalue weighted by atomic mass is 16.2. The lowest BCUT2D eigenvalue weighted by atomic mass is 10.00. The van der Waals surface area contributed by atoms with Gasteiger partial charge in [0.2, 0.25) is 0 Å². The monoisotopic (exact) mass is 330 g/mol. The lowest BCUT2D eigenvalue weighted by Gasteiger charge is -2.34. The second-order valence-corrected chi connectivity index (χ2v) is 7.52. The van der Waals surface area contributed by atoms with Crippen LogP contribution in [0.3, 0.4) is 0 Å². The van der Waals surface area contributed by atoms with Crippen molar-refractivity contribution in [2.75, 3.05) is 6.54 Å². The highest BCUT2D eigenvalue weighted by Crippen LogP contribution is 2.31. The summed E-state index contributed by atoms with van der Waals surface area (Å²) in [6.07, 6.45) is 4.69. The van der Waals surface area contributed by atoms with Crippen LogP contribution in [0, 0.1) is 13.8 Å². The van der Waals surface area contributed by atoms with Crippen LogP contribution in [-0.2, 0) is 5.54 Å². The van der Waals surface area contributed by atoms with Crippen LogP contribution < -0.4 is 0 Å². The van der Waals surface area contributed by atoms with Gasteiger partial charge in [-0.15, -0.1) is 0 Å². The number of carbonyl (C=O) groups is 1. The zero-order chi connectivity index (χ0) is 17.5. The van der Waals surface area contributed by atoms with Gasteiger partial charge >= 0.3 is 0 Å². The molecule has 24 heavy (non-hydrogen) atoms. The maximum atomic E-state index is 13.2. The van der Waals surface area contributed by atoms with E-state index in [1.165, 1.54) is 0 Å². The highest BCUT2D eigenvalue weighted by Gasteiger charge is 2.33. The van der Waals surface area contributed by atoms with E-state index in [2.05, 4.69) is 41.1 Å². The van der Waals surface area contributed by atoms with Crippen molar-refractivity contribution in [2.45, 2.75) is 65.5 Å². The highest BCUT2D eigenvalue weighted by molar-refractivity contribution is 5.95. The van der Waals surface area contributed by atoms with Crippen LogP contribution in [0.4, 0.5) is 0 Å². The molecule has 1 N–H and O–H groups in total. The van der Waals surface area contributed by atoms with Crippen LogP contribution in [0.25, 0.3) is 0 Å². The van der Waals surface area contributed by atoms with E-state index in [1.54, 1.807) is 6.20 Å². The van der Waals surface area contributed by atoms with Gasteiger partial charge in [0.05, 0.1) is 23.3 Å². The molecule has 1 aliphatic rings. The molecule has 7 heteroatoms. The Bertz CT molecular complexity index is 739. The first-order valence-corrected chi connectivity index (χ1v) is 8.54. The van der Waals surface area contributed by atoms with Gasteiger partial charge in [0.25, 0.3) is 5.91 Å². The van der Waals surface area contributed by atoms with Crippen LogP contribution in [0.2, 0.25) is 0 Å². The van der Waals surface area contributed by atoms with Crippen molar-refractivity contribution in [3.63, 3.8) is 0 Å². The van der Waals surface area contributed by atoms with Gasteiger partial charge in [-0.1, -0.05) is 0 Å². The molecule has 130 valence electrons. The number of nitrogens with zero attached hydrogens (tertiary/aromatic N) is 5. The summed E-state index contributed by atoms with van der Waals surface area (Å²) in [5.74, 6) is 1.51. The van der Waals surface area contributed by atoms with Crippen molar-refractivity contribution in [3.05, 3.63) is 29.1 Å². The van der Waals surface area contributed by atoms with Crippen LogP contribution in [0.15, 0.2) is 6.20 Å². The van der Waals surface area contributed by atoms with Gasteiger partial charge in [-0.05, 0) is 53.9 Å². The summed E-state index contributed by atoms with van der Waals surface area (Å²) < 4.78 is 1.91. The number of likely N-dealkylation sites (tertiary alicyclic amines) is 1. The van der Waals surface area contributed by atoms with E-state index in [0.717, 1.165) is 37.3 Å². The molecule has 0 radical (unpaired) electrons. The Hall–Kier alpha value is -2.18. The number of carbonyl (C=O) groups excluding carboxylic acids is 1. The van der Waals surface area contributed by atoms with E-state index in [9.17, 15) is 4.79 Å². The third-order valence-corrected chi connectivity index (χ3v) is 4.55. The Balaban J connectivity index is 1.91. The average molecular weight is 330 g/mol. The van der Waals surface area contributed by atoms with Crippen LogP contribution in [-0.4, -0.2) is 42.3 Å². The average Bonchev–Trinajstić information content (AvgIpc) is 3.12. The number of amides is 1. The smallest absolute Gasteiger partial charge is 0.257 e. The van der Waals surface area contributed by atoms with Crippen molar-refractivity contribution in [3.8, 4) is 0 Å². The van der Waals surface area contributed by atoms with Crippen molar-refractivity contribution in [1.29, 1.82) is 0 Å². The summed E-state index contributed by atoms with van der Waals surface area (Å²) in [7, 11) is 0. The minimum absolute atomic E-state index is 0.0233. The summed E-state index contributed by atoms with van der Waals surface area (Å²) in [5.41, 5.74) is 1.43. The first-order valence-electron chi connectivity index (χ1n) is 8.54. The molecule has 0 aliphatic carbocycles. The van der Waals surface area contributed by atoms with Gasteiger partial charge in [0.1, 0.15) is 5.82 Å². The third-order valence-electron chi connectivity index (χ3n) is 4.55. The fourth-order valence-corrected chi connectivity index (χ4v) is 3.40. The molecule has 0 saturated carbocycles. The summed E-state index contributed by atoms with van der Waals surface area (Å²) in [6.45, 7) is 10.8. The standard InChI is InChI=1S/C17H26N6O/c1-11-13(10-18-23(11)17(3,4)5)16(24)22-9-7-6-8-14(22)15-19-12(2)20-21-15/h10,14H,6-9H2,1-5H3,(H,19,20,21)/t14-/m1/s1. The number of aromatic amines is 1. The lowest BCUT2D eigenvalue weighted by molar-refractivity contribution is 0.0599. The van der Waals surface area contributed by atoms with Gasteiger partial charge in [-0.25, -0.2) is 4.98 Å². The molecule has 2 aromatic rings. The molecule has 3 rings (SSSR count). The normalized spacial score (nSPS) is 18.9. The number of hydrogen-bond donors (Lipinski definition) is 1. The van der Waals surface area contributed by atoms with Crippen LogP contribution in [0.5, 0.6) is 0 Å². The minimum atomic E-state index is -0.148. The molecule has 0 aromatic carbocycles. The van der Waals surface area contributed by atoms with E-state index in [0.29, 0.717) is 11.4 Å². The van der Waals surface area contributed by atoms with Gasteiger partial charge < -0.3 is 4.90 Å². The minimum Gasteiger partial charge on any atom is -0.328 e. The number of nitrogens with one attached hydrogen (secondary N) is 1. The maximum absolute atomic E-state index is 13.2. The van der Waals surface area contributed by atoms with E-state index in [1.807, 2.05) is 23.4 Å². The molecule has 0 unspecified atom stereocenters. The van der Waals surface area contributed by atoms with Gasteiger partial charge in [0.15, 0.2) is 5.82 Å². The van der Waals surface area contributed by atoms with Gasteiger partial charge in [-0.3, -0.25) is 14.6 Å². The molecule has 1 atom stereocenters. The lowest BCUT2D eigenvalue weighted by Crippen LogP contribution is -2.39. The molecule has 1 fully saturated rings. The molecule has 0 bridgehead atoms. The van der Waals surface area contributed by atoms with E-state index in [4.69, 9.17) is 0 Å². The van der Waals surface area contributed by atoms with Crippen molar-refractivity contribution in [1.82, 2.24) is 29.9 Å². The summed E-state index contributed by atoms with van der Waals surface area (Å²) in [5, 5.41) is 11.6. The second kappa shape index (κ2) is 6.03. The molecule has 3 heterocycles. The third kappa shape index (κ3) is 2.95. The quantitative estimate of drug-likeness (QED) is 0.918. The number of H-pyrrole nitrogens is 1. The number of aryl methyl sites for hydroxylation is 1. The molecule has 1 amide bonds. The Morgan fingerprint density at radius 3 is 2.62 bits per heavy atom. The molecule has 7 nitrogen and oxygen atoms in total. The summed E-state index contributed by atoms with van der Waals surface area (Å²) in [4.78, 5) is 19.5. The van der Waals surface area contributed by atoms with Gasteiger partial charge in [-0.2, -0.15) is 10.2 Å². The zero-order valence-electron chi connectivity index (χ0n) is 15.1. The van der Waals surface area contributed by atoms with E-state index in [-0.39, 0.29) is 17.5 Å². The molecule has 1 saturated heterocycles. The van der Waals surface area contributed by atoms with E-state index < -0.39 is 0 Å². The zero-order valence-corrected chi connectivity index (χ0v) is 15.1. The second-order valence-electron chi connectivity index (χ2n) is 7.52.